The van der Waals surface area contributed by atoms with Crippen LogP contribution in [0.1, 0.15) is 30.1 Å². The number of benzene rings is 1. The van der Waals surface area contributed by atoms with E-state index >= 15 is 0 Å². The van der Waals surface area contributed by atoms with E-state index in [1.54, 1.807) is 6.92 Å². The first-order valence-corrected chi connectivity index (χ1v) is 6.72. The minimum absolute atomic E-state index is 0.0769. The van der Waals surface area contributed by atoms with Crippen LogP contribution in [0.25, 0.3) is 0 Å². The predicted molar refractivity (Wildman–Crippen MR) is 73.2 cm³/mol. The van der Waals surface area contributed by atoms with Crippen LogP contribution in [0.15, 0.2) is 18.2 Å². The third-order valence-corrected chi connectivity index (χ3v) is 3.19. The molecule has 2 rings (SSSR count). The molecule has 1 saturated carbocycles. The van der Waals surface area contributed by atoms with E-state index in [9.17, 15) is 18.0 Å². The number of ether oxygens (including phenoxy) is 1. The van der Waals surface area contributed by atoms with Crippen molar-refractivity contribution in [2.75, 3.05) is 23.8 Å². The molecule has 0 heterocycles. The van der Waals surface area contributed by atoms with Gasteiger partial charge in [0.2, 0.25) is 0 Å². The Morgan fingerprint density at radius 3 is 2.62 bits per heavy atom. The van der Waals surface area contributed by atoms with Gasteiger partial charge in [-0.15, -0.1) is 0 Å². The average molecular weight is 302 g/mol. The highest BCUT2D eigenvalue weighted by atomic mass is 19.4. The molecule has 0 unspecified atom stereocenters. The second kappa shape index (κ2) is 5.83. The number of hydrogen-bond acceptors (Lipinski definition) is 4. The summed E-state index contributed by atoms with van der Waals surface area (Å²) in [5.74, 6) is -0.660. The second-order valence-electron chi connectivity index (χ2n) is 4.94. The van der Waals surface area contributed by atoms with Crippen LogP contribution in [0, 0.1) is 0 Å². The monoisotopic (exact) mass is 302 g/mol. The summed E-state index contributed by atoms with van der Waals surface area (Å²) < 4.78 is 43.3. The fraction of sp³-hybridized carbons (Fsp3) is 0.500. The number of hydrogen-bond donors (Lipinski definition) is 1. The standard InChI is InChI=1S/C14H17F3N2O2/c1-2-21-13(20)10-4-3-5-11(18)12(10)19(9-6-7-9)8-14(15,16)17/h3-5,9H,2,6-8,18H2,1H3. The minimum Gasteiger partial charge on any atom is -0.462 e. The van der Waals surface area contributed by atoms with Crippen molar-refractivity contribution in [1.29, 1.82) is 0 Å². The number of anilines is 2. The number of alkyl halides is 3. The molecular weight excluding hydrogens is 285 g/mol. The van der Waals surface area contributed by atoms with E-state index in [2.05, 4.69) is 0 Å². The second-order valence-corrected chi connectivity index (χ2v) is 4.94. The maximum Gasteiger partial charge on any atom is 0.405 e. The van der Waals surface area contributed by atoms with E-state index in [1.807, 2.05) is 0 Å². The van der Waals surface area contributed by atoms with Gasteiger partial charge in [0.25, 0.3) is 0 Å². The van der Waals surface area contributed by atoms with Crippen LogP contribution >= 0.6 is 0 Å². The van der Waals surface area contributed by atoms with Gasteiger partial charge in [0.15, 0.2) is 0 Å². The molecule has 21 heavy (non-hydrogen) atoms. The van der Waals surface area contributed by atoms with Gasteiger partial charge in [0, 0.05) is 6.04 Å². The summed E-state index contributed by atoms with van der Waals surface area (Å²) in [7, 11) is 0. The molecule has 1 aromatic rings. The van der Waals surface area contributed by atoms with Gasteiger partial charge in [-0.25, -0.2) is 4.79 Å². The third-order valence-electron chi connectivity index (χ3n) is 3.19. The van der Waals surface area contributed by atoms with Crippen molar-refractivity contribution in [2.45, 2.75) is 32.0 Å². The molecule has 1 aliphatic rings. The van der Waals surface area contributed by atoms with Crippen molar-refractivity contribution in [1.82, 2.24) is 0 Å². The lowest BCUT2D eigenvalue weighted by molar-refractivity contribution is -0.120. The molecule has 116 valence electrons. The van der Waals surface area contributed by atoms with Gasteiger partial charge in [0.05, 0.1) is 23.5 Å². The van der Waals surface area contributed by atoms with Crippen molar-refractivity contribution in [3.8, 4) is 0 Å². The first-order valence-electron chi connectivity index (χ1n) is 6.72. The number of carbonyl (C=O) groups excluding carboxylic acids is 1. The predicted octanol–water partition coefficient (Wildman–Crippen LogP) is 2.98. The van der Waals surface area contributed by atoms with Crippen LogP contribution in [0.3, 0.4) is 0 Å². The molecule has 1 aromatic carbocycles. The highest BCUT2D eigenvalue weighted by molar-refractivity contribution is 5.99. The fourth-order valence-corrected chi connectivity index (χ4v) is 2.23. The minimum atomic E-state index is -4.36. The SMILES string of the molecule is CCOC(=O)c1cccc(N)c1N(CC(F)(F)F)C1CC1. The molecule has 0 radical (unpaired) electrons. The molecule has 0 aliphatic heterocycles. The topological polar surface area (TPSA) is 55.6 Å². The normalized spacial score (nSPS) is 14.9. The first-order chi connectivity index (χ1) is 9.83. The number of nitrogens with two attached hydrogens (primary N) is 1. The van der Waals surface area contributed by atoms with Gasteiger partial charge in [-0.2, -0.15) is 13.2 Å². The summed E-state index contributed by atoms with van der Waals surface area (Å²) >= 11 is 0. The van der Waals surface area contributed by atoms with Crippen molar-refractivity contribution in [2.24, 2.45) is 0 Å². The van der Waals surface area contributed by atoms with Gasteiger partial charge < -0.3 is 15.4 Å². The van der Waals surface area contributed by atoms with E-state index in [0.29, 0.717) is 12.8 Å². The third kappa shape index (κ3) is 3.80. The van der Waals surface area contributed by atoms with Crippen LogP contribution in [0.4, 0.5) is 24.5 Å². The van der Waals surface area contributed by atoms with Crippen molar-refractivity contribution >= 4 is 17.3 Å². The maximum absolute atomic E-state index is 12.8. The maximum atomic E-state index is 12.8. The fourth-order valence-electron chi connectivity index (χ4n) is 2.23. The Labute approximate surface area is 120 Å². The lowest BCUT2D eigenvalue weighted by Crippen LogP contribution is -2.37. The van der Waals surface area contributed by atoms with Gasteiger partial charge in [0.1, 0.15) is 6.54 Å². The molecule has 4 nitrogen and oxygen atoms in total. The zero-order chi connectivity index (χ0) is 15.6. The number of halogens is 3. The van der Waals surface area contributed by atoms with Crippen LogP contribution in [-0.2, 0) is 4.74 Å². The summed E-state index contributed by atoms with van der Waals surface area (Å²) in [4.78, 5) is 13.1. The Kier molecular flexibility index (Phi) is 4.29. The number of nitrogen functional groups attached to an aromatic ring is 1. The highest BCUT2D eigenvalue weighted by Gasteiger charge is 2.40. The molecule has 1 fully saturated rings. The zero-order valence-electron chi connectivity index (χ0n) is 11.6. The average Bonchev–Trinajstić information content (AvgIpc) is 3.19. The van der Waals surface area contributed by atoms with Crippen LogP contribution in [0.5, 0.6) is 0 Å². The quantitative estimate of drug-likeness (QED) is 0.671. The molecular formula is C14H17F3N2O2. The Hall–Kier alpha value is -1.92. The summed E-state index contributed by atoms with van der Waals surface area (Å²) in [6, 6.07) is 4.23. The van der Waals surface area contributed by atoms with Crippen molar-refractivity contribution in [3.05, 3.63) is 23.8 Å². The Balaban J connectivity index is 2.41. The van der Waals surface area contributed by atoms with Gasteiger partial charge >= 0.3 is 12.1 Å². The molecule has 0 aromatic heterocycles. The lowest BCUT2D eigenvalue weighted by atomic mass is 10.1. The number of rotatable bonds is 5. The molecule has 2 N–H and O–H groups in total. The van der Waals surface area contributed by atoms with Crippen molar-refractivity contribution < 1.29 is 22.7 Å². The summed E-state index contributed by atoms with van der Waals surface area (Å²) in [5.41, 5.74) is 6.17. The Bertz CT molecular complexity index is 527. The molecule has 0 amide bonds. The smallest absolute Gasteiger partial charge is 0.405 e. The van der Waals surface area contributed by atoms with E-state index < -0.39 is 18.7 Å². The number of nitrogens with zero attached hydrogens (tertiary/aromatic N) is 1. The van der Waals surface area contributed by atoms with Crippen LogP contribution in [-0.4, -0.2) is 31.3 Å². The lowest BCUT2D eigenvalue weighted by Gasteiger charge is -2.28. The summed E-state index contributed by atoms with van der Waals surface area (Å²) in [5, 5.41) is 0. The van der Waals surface area contributed by atoms with Crippen LogP contribution < -0.4 is 10.6 Å². The zero-order valence-corrected chi connectivity index (χ0v) is 11.6. The molecule has 7 heteroatoms. The molecule has 1 aliphatic carbocycles. The molecule has 0 saturated heterocycles. The van der Waals surface area contributed by atoms with E-state index in [0.717, 1.165) is 0 Å². The van der Waals surface area contributed by atoms with Crippen molar-refractivity contribution in [3.63, 3.8) is 0 Å². The summed E-state index contributed by atoms with van der Waals surface area (Å²) in [6.45, 7) is 0.659. The molecule has 0 bridgehead atoms. The van der Waals surface area contributed by atoms with E-state index in [1.165, 1.54) is 23.1 Å². The first kappa shape index (κ1) is 15.5. The Morgan fingerprint density at radius 2 is 2.10 bits per heavy atom. The number of esters is 1. The molecule has 0 atom stereocenters. The van der Waals surface area contributed by atoms with E-state index in [-0.39, 0.29) is 29.6 Å². The van der Waals surface area contributed by atoms with Gasteiger partial charge in [-0.05, 0) is 31.9 Å². The summed E-state index contributed by atoms with van der Waals surface area (Å²) in [6.07, 6.45) is -3.05. The van der Waals surface area contributed by atoms with E-state index in [4.69, 9.17) is 10.5 Å². The van der Waals surface area contributed by atoms with Crippen LogP contribution in [0.2, 0.25) is 0 Å². The highest BCUT2D eigenvalue weighted by Crippen LogP contribution is 2.39. The number of para-hydroxylation sites is 1. The van der Waals surface area contributed by atoms with Gasteiger partial charge in [-0.1, -0.05) is 6.07 Å². The Morgan fingerprint density at radius 1 is 1.43 bits per heavy atom. The number of carbonyl (C=O) groups is 1. The molecule has 0 spiro atoms. The largest absolute Gasteiger partial charge is 0.462 e. The van der Waals surface area contributed by atoms with Gasteiger partial charge in [-0.3, -0.25) is 0 Å².